The Morgan fingerprint density at radius 2 is 1.81 bits per heavy atom. The molecule has 134 valence electrons. The van der Waals surface area contributed by atoms with E-state index in [1.54, 1.807) is 0 Å². The molecule has 0 saturated carbocycles. The highest BCUT2D eigenvalue weighted by molar-refractivity contribution is 5.93. The number of nitrogens with zero attached hydrogens (tertiary/aromatic N) is 3. The molecule has 0 fully saturated rings. The van der Waals surface area contributed by atoms with Crippen LogP contribution < -0.4 is 5.32 Å². The SMILES string of the molecule is CCc1ccc(-n2nc(CO)c(C(=O)NC(C)c3ccccc3)n2)cc1. The number of aliphatic hydroxyl groups is 1. The summed E-state index contributed by atoms with van der Waals surface area (Å²) in [5, 5.41) is 21.0. The predicted molar refractivity (Wildman–Crippen MR) is 99.0 cm³/mol. The summed E-state index contributed by atoms with van der Waals surface area (Å²) < 4.78 is 0. The zero-order chi connectivity index (χ0) is 18.5. The molecule has 3 aromatic rings. The maximum absolute atomic E-state index is 12.6. The van der Waals surface area contributed by atoms with Gasteiger partial charge in [-0.15, -0.1) is 10.2 Å². The number of hydrogen-bond acceptors (Lipinski definition) is 4. The standard InChI is InChI=1S/C20H22N4O2/c1-3-15-9-11-17(12-10-15)24-22-18(13-25)19(23-24)20(26)21-14(2)16-7-5-4-6-8-16/h4-12,14,25H,3,13H2,1-2H3,(H,21,26). The van der Waals surface area contributed by atoms with Gasteiger partial charge in [-0.2, -0.15) is 4.80 Å². The van der Waals surface area contributed by atoms with Crippen LogP contribution in [-0.4, -0.2) is 26.0 Å². The van der Waals surface area contributed by atoms with Crippen molar-refractivity contribution in [3.8, 4) is 5.69 Å². The summed E-state index contributed by atoms with van der Waals surface area (Å²) >= 11 is 0. The first kappa shape index (κ1) is 17.8. The fourth-order valence-corrected chi connectivity index (χ4v) is 2.69. The van der Waals surface area contributed by atoms with Crippen molar-refractivity contribution in [2.45, 2.75) is 32.9 Å². The van der Waals surface area contributed by atoms with Gasteiger partial charge < -0.3 is 10.4 Å². The average Bonchev–Trinajstić information content (AvgIpc) is 3.13. The quantitative estimate of drug-likeness (QED) is 0.716. The zero-order valence-electron chi connectivity index (χ0n) is 14.9. The third kappa shape index (κ3) is 3.81. The molecule has 1 amide bonds. The molecule has 0 saturated heterocycles. The van der Waals surface area contributed by atoms with Gasteiger partial charge in [-0.25, -0.2) is 0 Å². The van der Waals surface area contributed by atoms with E-state index in [2.05, 4.69) is 22.4 Å². The molecule has 0 spiro atoms. The molecular weight excluding hydrogens is 328 g/mol. The Labute approximate surface area is 152 Å². The monoisotopic (exact) mass is 350 g/mol. The Bertz CT molecular complexity index is 873. The van der Waals surface area contributed by atoms with Gasteiger partial charge in [-0.3, -0.25) is 4.79 Å². The number of benzene rings is 2. The summed E-state index contributed by atoms with van der Waals surface area (Å²) in [6.45, 7) is 3.64. The number of nitrogens with one attached hydrogen (secondary N) is 1. The number of aromatic nitrogens is 3. The van der Waals surface area contributed by atoms with E-state index in [9.17, 15) is 9.90 Å². The lowest BCUT2D eigenvalue weighted by Crippen LogP contribution is -2.28. The first-order valence-corrected chi connectivity index (χ1v) is 8.64. The molecule has 0 aliphatic carbocycles. The second-order valence-corrected chi connectivity index (χ2v) is 6.07. The highest BCUT2D eigenvalue weighted by Crippen LogP contribution is 2.15. The van der Waals surface area contributed by atoms with Crippen LogP contribution >= 0.6 is 0 Å². The van der Waals surface area contributed by atoms with Crippen molar-refractivity contribution in [3.63, 3.8) is 0 Å². The summed E-state index contributed by atoms with van der Waals surface area (Å²) in [4.78, 5) is 14.0. The number of carbonyl (C=O) groups excluding carboxylic acids is 1. The van der Waals surface area contributed by atoms with Gasteiger partial charge in [0.2, 0.25) is 0 Å². The highest BCUT2D eigenvalue weighted by atomic mass is 16.3. The fourth-order valence-electron chi connectivity index (χ4n) is 2.69. The molecule has 26 heavy (non-hydrogen) atoms. The summed E-state index contributed by atoms with van der Waals surface area (Å²) in [6, 6.07) is 17.3. The van der Waals surface area contributed by atoms with Crippen LogP contribution in [0.1, 0.15) is 47.2 Å². The third-order valence-electron chi connectivity index (χ3n) is 4.27. The van der Waals surface area contributed by atoms with Gasteiger partial charge in [0.25, 0.3) is 5.91 Å². The van der Waals surface area contributed by atoms with Gasteiger partial charge in [0.05, 0.1) is 18.3 Å². The molecular formula is C20H22N4O2. The van der Waals surface area contributed by atoms with Crippen LogP contribution in [0.3, 0.4) is 0 Å². The van der Waals surface area contributed by atoms with Crippen LogP contribution in [0.15, 0.2) is 54.6 Å². The summed E-state index contributed by atoms with van der Waals surface area (Å²) in [5.74, 6) is -0.359. The minimum absolute atomic E-state index is 0.134. The summed E-state index contributed by atoms with van der Waals surface area (Å²) in [6.07, 6.45) is 0.944. The van der Waals surface area contributed by atoms with Crippen molar-refractivity contribution in [1.29, 1.82) is 0 Å². The van der Waals surface area contributed by atoms with E-state index >= 15 is 0 Å². The van der Waals surface area contributed by atoms with E-state index in [0.29, 0.717) is 0 Å². The van der Waals surface area contributed by atoms with Gasteiger partial charge in [-0.1, -0.05) is 49.4 Å². The fraction of sp³-hybridized carbons (Fsp3) is 0.250. The van der Waals surface area contributed by atoms with Crippen molar-refractivity contribution in [2.24, 2.45) is 0 Å². The van der Waals surface area contributed by atoms with E-state index < -0.39 is 0 Å². The maximum atomic E-state index is 12.6. The predicted octanol–water partition coefficient (Wildman–Crippen LogP) is 2.81. The Balaban J connectivity index is 1.82. The number of aryl methyl sites for hydroxylation is 1. The minimum Gasteiger partial charge on any atom is -0.390 e. The van der Waals surface area contributed by atoms with Crippen LogP contribution in [0, 0.1) is 0 Å². The topological polar surface area (TPSA) is 80.0 Å². The van der Waals surface area contributed by atoms with Gasteiger partial charge in [0.15, 0.2) is 5.69 Å². The van der Waals surface area contributed by atoms with E-state index in [1.165, 1.54) is 10.4 Å². The number of carbonyl (C=O) groups is 1. The number of aliphatic hydroxyl groups excluding tert-OH is 1. The average molecular weight is 350 g/mol. The van der Waals surface area contributed by atoms with Crippen molar-refractivity contribution >= 4 is 5.91 Å². The second-order valence-electron chi connectivity index (χ2n) is 6.07. The lowest BCUT2D eigenvalue weighted by molar-refractivity contribution is 0.0931. The van der Waals surface area contributed by atoms with Crippen LogP contribution in [0.4, 0.5) is 0 Å². The molecule has 6 heteroatoms. The van der Waals surface area contributed by atoms with Crippen LogP contribution in [-0.2, 0) is 13.0 Å². The lowest BCUT2D eigenvalue weighted by atomic mass is 10.1. The minimum atomic E-state index is -0.359. The van der Waals surface area contributed by atoms with Crippen molar-refractivity contribution in [1.82, 2.24) is 20.3 Å². The second kappa shape index (κ2) is 7.93. The largest absolute Gasteiger partial charge is 0.390 e. The Morgan fingerprint density at radius 3 is 2.42 bits per heavy atom. The molecule has 1 unspecified atom stereocenters. The van der Waals surface area contributed by atoms with Crippen molar-refractivity contribution < 1.29 is 9.90 Å². The van der Waals surface area contributed by atoms with Crippen LogP contribution in [0.5, 0.6) is 0 Å². The normalized spacial score (nSPS) is 12.0. The van der Waals surface area contributed by atoms with Gasteiger partial charge in [0.1, 0.15) is 5.69 Å². The number of hydrogen-bond donors (Lipinski definition) is 2. The molecule has 6 nitrogen and oxygen atoms in total. The van der Waals surface area contributed by atoms with Crippen LogP contribution in [0.2, 0.25) is 0 Å². The molecule has 2 N–H and O–H groups in total. The Kier molecular flexibility index (Phi) is 5.43. The van der Waals surface area contributed by atoms with E-state index in [4.69, 9.17) is 0 Å². The first-order valence-electron chi connectivity index (χ1n) is 8.64. The Morgan fingerprint density at radius 1 is 1.12 bits per heavy atom. The first-order chi connectivity index (χ1) is 12.6. The molecule has 1 atom stereocenters. The van der Waals surface area contributed by atoms with E-state index in [-0.39, 0.29) is 29.9 Å². The molecule has 0 aliphatic heterocycles. The molecule has 3 rings (SSSR count). The van der Waals surface area contributed by atoms with Crippen LogP contribution in [0.25, 0.3) is 5.69 Å². The van der Waals surface area contributed by atoms with Gasteiger partial charge in [-0.05, 0) is 36.6 Å². The van der Waals surface area contributed by atoms with E-state index in [1.807, 2.05) is 61.5 Å². The molecule has 1 aromatic heterocycles. The summed E-state index contributed by atoms with van der Waals surface area (Å²) in [5.41, 5.74) is 3.33. The Hall–Kier alpha value is -2.99. The molecule has 1 heterocycles. The van der Waals surface area contributed by atoms with Gasteiger partial charge >= 0.3 is 0 Å². The number of rotatable bonds is 6. The zero-order valence-corrected chi connectivity index (χ0v) is 14.9. The van der Waals surface area contributed by atoms with Crippen molar-refractivity contribution in [3.05, 3.63) is 77.1 Å². The number of amides is 1. The van der Waals surface area contributed by atoms with Gasteiger partial charge in [0, 0.05) is 0 Å². The molecule has 0 radical (unpaired) electrons. The lowest BCUT2D eigenvalue weighted by Gasteiger charge is -2.13. The van der Waals surface area contributed by atoms with E-state index in [0.717, 1.165) is 17.7 Å². The molecule has 0 bridgehead atoms. The molecule has 0 aliphatic rings. The maximum Gasteiger partial charge on any atom is 0.274 e. The summed E-state index contributed by atoms with van der Waals surface area (Å²) in [7, 11) is 0. The van der Waals surface area contributed by atoms with Crippen molar-refractivity contribution in [2.75, 3.05) is 0 Å². The third-order valence-corrected chi connectivity index (χ3v) is 4.27. The molecule has 2 aromatic carbocycles. The smallest absolute Gasteiger partial charge is 0.274 e. The highest BCUT2D eigenvalue weighted by Gasteiger charge is 2.20.